The summed E-state index contributed by atoms with van der Waals surface area (Å²) < 4.78 is 0. The number of likely N-dealkylation sites (tertiary alicyclic amines) is 1. The normalized spacial score (nSPS) is 20.3. The van der Waals surface area contributed by atoms with Gasteiger partial charge in [0.15, 0.2) is 0 Å². The van der Waals surface area contributed by atoms with Crippen LogP contribution >= 0.6 is 0 Å². The van der Waals surface area contributed by atoms with Gasteiger partial charge in [0.25, 0.3) is 5.91 Å². The van der Waals surface area contributed by atoms with E-state index in [1.807, 2.05) is 24.3 Å². The highest BCUT2D eigenvalue weighted by Crippen LogP contribution is 2.57. The number of aromatic nitrogens is 2. The molecule has 3 aliphatic rings. The summed E-state index contributed by atoms with van der Waals surface area (Å²) in [5, 5.41) is 16.0. The molecule has 1 aliphatic heterocycles. The Morgan fingerprint density at radius 2 is 1.89 bits per heavy atom. The van der Waals surface area contributed by atoms with Crippen molar-refractivity contribution in [1.82, 2.24) is 20.2 Å². The van der Waals surface area contributed by atoms with Crippen molar-refractivity contribution in [2.75, 3.05) is 31.5 Å². The monoisotopic (exact) mass is 472 g/mol. The molecular formula is C28H36N6O. The molecule has 2 aromatic rings. The van der Waals surface area contributed by atoms with Gasteiger partial charge < -0.3 is 15.5 Å². The van der Waals surface area contributed by atoms with Crippen molar-refractivity contribution in [1.29, 1.82) is 5.26 Å². The minimum atomic E-state index is -0.183. The molecule has 2 saturated carbocycles. The Morgan fingerprint density at radius 1 is 1.14 bits per heavy atom. The Morgan fingerprint density at radius 3 is 2.57 bits per heavy atom. The van der Waals surface area contributed by atoms with E-state index in [9.17, 15) is 10.1 Å². The summed E-state index contributed by atoms with van der Waals surface area (Å²) in [5.74, 6) is 0.958. The van der Waals surface area contributed by atoms with Crippen LogP contribution in [0.15, 0.2) is 36.5 Å². The van der Waals surface area contributed by atoms with Gasteiger partial charge in [-0.3, -0.25) is 4.79 Å². The number of hydrogen-bond acceptors (Lipinski definition) is 6. The highest BCUT2D eigenvalue weighted by molar-refractivity contribution is 5.98. The third-order valence-electron chi connectivity index (χ3n) is 8.15. The van der Waals surface area contributed by atoms with Crippen LogP contribution in [0.3, 0.4) is 0 Å². The van der Waals surface area contributed by atoms with Gasteiger partial charge in [0.05, 0.1) is 0 Å². The molecule has 35 heavy (non-hydrogen) atoms. The van der Waals surface area contributed by atoms with Crippen LogP contribution < -0.4 is 10.6 Å². The van der Waals surface area contributed by atoms with Gasteiger partial charge in [0.2, 0.25) is 5.82 Å². The Balaban J connectivity index is 1.27. The molecular weight excluding hydrogens is 436 g/mol. The molecule has 2 aliphatic carbocycles. The molecule has 1 atom stereocenters. The van der Waals surface area contributed by atoms with E-state index in [1.165, 1.54) is 63.1 Å². The molecule has 184 valence electrons. The van der Waals surface area contributed by atoms with Crippen molar-refractivity contribution < 1.29 is 4.79 Å². The van der Waals surface area contributed by atoms with E-state index in [2.05, 4.69) is 37.6 Å². The summed E-state index contributed by atoms with van der Waals surface area (Å²) in [6.07, 6.45) is 12.6. The first-order valence-corrected chi connectivity index (χ1v) is 13.2. The first-order valence-electron chi connectivity index (χ1n) is 13.2. The number of anilines is 1. The lowest BCUT2D eigenvalue weighted by Crippen LogP contribution is -2.44. The number of hydrogen-bond donors (Lipinski definition) is 2. The number of nitrogens with zero attached hydrogens (tertiary/aromatic N) is 4. The lowest BCUT2D eigenvalue weighted by molar-refractivity contribution is 0.0927. The van der Waals surface area contributed by atoms with Crippen molar-refractivity contribution in [2.45, 2.75) is 63.8 Å². The molecule has 2 N–H and O–H groups in total. The molecule has 5 rings (SSSR count). The summed E-state index contributed by atoms with van der Waals surface area (Å²) in [5.41, 5.74) is 2.28. The highest BCUT2D eigenvalue weighted by atomic mass is 16.1. The van der Waals surface area contributed by atoms with Crippen LogP contribution in [-0.2, 0) is 6.42 Å². The first kappa shape index (κ1) is 23.7. The summed E-state index contributed by atoms with van der Waals surface area (Å²) in [7, 11) is 0. The summed E-state index contributed by atoms with van der Waals surface area (Å²) >= 11 is 0. The summed E-state index contributed by atoms with van der Waals surface area (Å²) in [6, 6.07) is 12.3. The Bertz CT molecular complexity index is 1040. The van der Waals surface area contributed by atoms with Crippen molar-refractivity contribution in [3.63, 3.8) is 0 Å². The Hall–Kier alpha value is -2.98. The van der Waals surface area contributed by atoms with Crippen LogP contribution in [0.1, 0.15) is 73.1 Å². The first-order chi connectivity index (χ1) is 17.1. The van der Waals surface area contributed by atoms with E-state index < -0.39 is 0 Å². The summed E-state index contributed by atoms with van der Waals surface area (Å²) in [4.78, 5) is 24.4. The fraction of sp³-hybridized carbons (Fsp3) is 0.571. The van der Waals surface area contributed by atoms with E-state index in [0.717, 1.165) is 32.6 Å². The largest absolute Gasteiger partial charge is 0.369 e. The standard InChI is InChI=1S/C28H36N6O/c29-17-25-30-19-24(26(33-25)31-18-22-8-10-28(11-9-22)12-13-28)27(35)32-23(20-34-14-4-5-15-34)16-21-6-2-1-3-7-21/h1-3,6-7,19,22-23H,4-5,8-16,18,20H2,(H,32,35)(H,30,31,33)/t23-/m1/s1. The van der Waals surface area contributed by atoms with Crippen LogP contribution in [0, 0.1) is 22.7 Å². The van der Waals surface area contributed by atoms with Crippen LogP contribution in [0.4, 0.5) is 5.82 Å². The molecule has 7 nitrogen and oxygen atoms in total. The molecule has 0 radical (unpaired) electrons. The molecule has 1 aromatic carbocycles. The second-order valence-electron chi connectivity index (χ2n) is 10.8. The SMILES string of the molecule is N#Cc1ncc(C(=O)N[C@H](Cc2ccccc2)CN2CCCC2)c(NCC2CCC3(CC2)CC3)n1. The summed E-state index contributed by atoms with van der Waals surface area (Å²) in [6.45, 7) is 3.76. The zero-order chi connectivity index (χ0) is 24.1. The lowest BCUT2D eigenvalue weighted by atomic mass is 9.80. The van der Waals surface area contributed by atoms with E-state index in [4.69, 9.17) is 0 Å². The Kier molecular flexibility index (Phi) is 7.29. The van der Waals surface area contributed by atoms with Crippen LogP contribution in [-0.4, -0.2) is 53.0 Å². The molecule has 1 amide bonds. The van der Waals surface area contributed by atoms with E-state index in [0.29, 0.717) is 22.7 Å². The predicted molar refractivity (Wildman–Crippen MR) is 136 cm³/mol. The number of nitrogens with one attached hydrogen (secondary N) is 2. The predicted octanol–water partition coefficient (Wildman–Crippen LogP) is 4.17. The van der Waals surface area contributed by atoms with Crippen LogP contribution in [0.2, 0.25) is 0 Å². The lowest BCUT2D eigenvalue weighted by Gasteiger charge is -2.29. The van der Waals surface area contributed by atoms with Gasteiger partial charge in [0.1, 0.15) is 17.5 Å². The maximum absolute atomic E-state index is 13.5. The molecule has 3 fully saturated rings. The van der Waals surface area contributed by atoms with E-state index >= 15 is 0 Å². The van der Waals surface area contributed by atoms with Gasteiger partial charge in [-0.1, -0.05) is 30.3 Å². The molecule has 7 heteroatoms. The van der Waals surface area contributed by atoms with Crippen molar-refractivity contribution in [2.24, 2.45) is 11.3 Å². The minimum Gasteiger partial charge on any atom is -0.369 e. The number of carbonyl (C=O) groups is 1. The zero-order valence-electron chi connectivity index (χ0n) is 20.5. The van der Waals surface area contributed by atoms with Gasteiger partial charge >= 0.3 is 0 Å². The third-order valence-corrected chi connectivity index (χ3v) is 8.15. The van der Waals surface area contributed by atoms with E-state index in [1.54, 1.807) is 0 Å². The minimum absolute atomic E-state index is 0.0143. The topological polar surface area (TPSA) is 93.9 Å². The van der Waals surface area contributed by atoms with Gasteiger partial charge in [0, 0.05) is 25.3 Å². The van der Waals surface area contributed by atoms with Crippen molar-refractivity contribution in [3.8, 4) is 6.07 Å². The van der Waals surface area contributed by atoms with Crippen LogP contribution in [0.25, 0.3) is 0 Å². The average molecular weight is 473 g/mol. The molecule has 1 aromatic heterocycles. The number of benzene rings is 1. The van der Waals surface area contributed by atoms with Crippen molar-refractivity contribution in [3.05, 3.63) is 53.5 Å². The van der Waals surface area contributed by atoms with Gasteiger partial charge in [-0.25, -0.2) is 9.97 Å². The Labute approximate surface area is 208 Å². The van der Waals surface area contributed by atoms with Gasteiger partial charge in [-0.05, 0) is 87.8 Å². The number of carbonyl (C=O) groups excluding carboxylic acids is 1. The second kappa shape index (κ2) is 10.7. The maximum atomic E-state index is 13.5. The molecule has 1 saturated heterocycles. The smallest absolute Gasteiger partial charge is 0.256 e. The van der Waals surface area contributed by atoms with Gasteiger partial charge in [-0.2, -0.15) is 5.26 Å². The van der Waals surface area contributed by atoms with Crippen molar-refractivity contribution >= 4 is 11.7 Å². The fourth-order valence-electron chi connectivity index (χ4n) is 5.75. The quantitative estimate of drug-likeness (QED) is 0.569. The zero-order valence-corrected chi connectivity index (χ0v) is 20.5. The number of amides is 1. The highest BCUT2D eigenvalue weighted by Gasteiger charge is 2.44. The van der Waals surface area contributed by atoms with Gasteiger partial charge in [-0.15, -0.1) is 0 Å². The third kappa shape index (κ3) is 6.18. The fourth-order valence-corrected chi connectivity index (χ4v) is 5.75. The van der Waals surface area contributed by atoms with Crippen LogP contribution in [0.5, 0.6) is 0 Å². The average Bonchev–Trinajstić information content (AvgIpc) is 3.44. The second-order valence-corrected chi connectivity index (χ2v) is 10.8. The maximum Gasteiger partial charge on any atom is 0.256 e. The number of rotatable bonds is 9. The molecule has 2 heterocycles. The molecule has 1 spiro atoms. The molecule has 0 bridgehead atoms. The molecule has 0 unspecified atom stereocenters. The number of nitriles is 1. The van der Waals surface area contributed by atoms with E-state index in [-0.39, 0.29) is 17.8 Å².